The van der Waals surface area contributed by atoms with E-state index in [0.29, 0.717) is 6.04 Å². The SMILES string of the molecule is COc1cc(OC)c(CN2CCC(N)CC2)c(OC)c1.Cl. The molecule has 0 aromatic heterocycles. The van der Waals surface area contributed by atoms with Crippen LogP contribution in [0.15, 0.2) is 12.1 Å². The van der Waals surface area contributed by atoms with Crippen LogP contribution < -0.4 is 19.9 Å². The fourth-order valence-electron chi connectivity index (χ4n) is 2.57. The molecule has 21 heavy (non-hydrogen) atoms. The van der Waals surface area contributed by atoms with Gasteiger partial charge in [0.25, 0.3) is 0 Å². The van der Waals surface area contributed by atoms with E-state index in [0.717, 1.165) is 55.3 Å². The average Bonchev–Trinajstić information content (AvgIpc) is 2.49. The Labute approximate surface area is 132 Å². The van der Waals surface area contributed by atoms with Crippen LogP contribution in [0.1, 0.15) is 18.4 Å². The molecule has 0 amide bonds. The van der Waals surface area contributed by atoms with E-state index >= 15 is 0 Å². The lowest BCUT2D eigenvalue weighted by molar-refractivity contribution is 0.200. The minimum absolute atomic E-state index is 0. The van der Waals surface area contributed by atoms with Crippen LogP contribution >= 0.6 is 12.4 Å². The number of nitrogens with zero attached hydrogens (tertiary/aromatic N) is 1. The standard InChI is InChI=1S/C15H24N2O3.ClH/c1-18-12-8-14(19-2)13(15(9-12)20-3)10-17-6-4-11(16)5-7-17;/h8-9,11H,4-7,10,16H2,1-3H3;1H. The predicted octanol–water partition coefficient (Wildman–Crippen LogP) is 2.06. The van der Waals surface area contributed by atoms with E-state index in [9.17, 15) is 0 Å². The van der Waals surface area contributed by atoms with Gasteiger partial charge in [-0.2, -0.15) is 0 Å². The molecule has 0 radical (unpaired) electrons. The van der Waals surface area contributed by atoms with E-state index in [4.69, 9.17) is 19.9 Å². The summed E-state index contributed by atoms with van der Waals surface area (Å²) in [5, 5.41) is 0. The second kappa shape index (κ2) is 8.32. The predicted molar refractivity (Wildman–Crippen MR) is 85.8 cm³/mol. The lowest BCUT2D eigenvalue weighted by Gasteiger charge is -2.31. The third-order valence-electron chi connectivity index (χ3n) is 3.83. The molecule has 1 fully saturated rings. The zero-order valence-corrected chi connectivity index (χ0v) is 13.7. The number of hydrogen-bond acceptors (Lipinski definition) is 5. The molecule has 6 heteroatoms. The molecule has 0 saturated carbocycles. The minimum atomic E-state index is 0. The van der Waals surface area contributed by atoms with Gasteiger partial charge in [-0.25, -0.2) is 0 Å². The number of nitrogens with two attached hydrogens (primary N) is 1. The Balaban J connectivity index is 0.00000220. The zero-order chi connectivity index (χ0) is 14.5. The molecule has 2 rings (SSSR count). The number of hydrogen-bond donors (Lipinski definition) is 1. The van der Waals surface area contributed by atoms with Gasteiger partial charge in [-0.1, -0.05) is 0 Å². The first kappa shape index (κ1) is 17.9. The fourth-order valence-corrected chi connectivity index (χ4v) is 2.57. The first-order valence-electron chi connectivity index (χ1n) is 6.94. The quantitative estimate of drug-likeness (QED) is 0.901. The number of likely N-dealkylation sites (tertiary alicyclic amines) is 1. The number of piperidine rings is 1. The van der Waals surface area contributed by atoms with E-state index in [2.05, 4.69) is 4.90 Å². The van der Waals surface area contributed by atoms with Gasteiger partial charge in [0.15, 0.2) is 0 Å². The molecule has 0 atom stereocenters. The number of rotatable bonds is 5. The second-order valence-electron chi connectivity index (χ2n) is 5.12. The van der Waals surface area contributed by atoms with Gasteiger partial charge >= 0.3 is 0 Å². The van der Waals surface area contributed by atoms with E-state index < -0.39 is 0 Å². The van der Waals surface area contributed by atoms with Crippen molar-refractivity contribution >= 4 is 12.4 Å². The summed E-state index contributed by atoms with van der Waals surface area (Å²) in [6.07, 6.45) is 2.08. The van der Waals surface area contributed by atoms with Gasteiger partial charge in [-0.05, 0) is 25.9 Å². The summed E-state index contributed by atoms with van der Waals surface area (Å²) in [5.74, 6) is 2.34. The van der Waals surface area contributed by atoms with Crippen LogP contribution in [0.5, 0.6) is 17.2 Å². The molecule has 0 aliphatic carbocycles. The summed E-state index contributed by atoms with van der Waals surface area (Å²) in [6, 6.07) is 4.13. The summed E-state index contributed by atoms with van der Waals surface area (Å²) >= 11 is 0. The van der Waals surface area contributed by atoms with Crippen molar-refractivity contribution in [3.8, 4) is 17.2 Å². The maximum atomic E-state index is 5.95. The van der Waals surface area contributed by atoms with Crippen LogP contribution in [0.2, 0.25) is 0 Å². The molecule has 1 aliphatic rings. The Hall–Kier alpha value is -1.17. The Morgan fingerprint density at radius 2 is 1.57 bits per heavy atom. The van der Waals surface area contributed by atoms with Crippen LogP contribution in [0.3, 0.4) is 0 Å². The highest BCUT2D eigenvalue weighted by Gasteiger charge is 2.20. The fraction of sp³-hybridized carbons (Fsp3) is 0.600. The van der Waals surface area contributed by atoms with Crippen molar-refractivity contribution in [2.45, 2.75) is 25.4 Å². The summed E-state index contributed by atoms with van der Waals surface area (Å²) in [4.78, 5) is 2.39. The van der Waals surface area contributed by atoms with Crippen molar-refractivity contribution < 1.29 is 14.2 Å². The van der Waals surface area contributed by atoms with Crippen LogP contribution in [0.25, 0.3) is 0 Å². The first-order chi connectivity index (χ1) is 9.67. The van der Waals surface area contributed by atoms with Gasteiger partial charge in [0, 0.05) is 24.7 Å². The first-order valence-corrected chi connectivity index (χ1v) is 6.94. The largest absolute Gasteiger partial charge is 0.496 e. The second-order valence-corrected chi connectivity index (χ2v) is 5.12. The topological polar surface area (TPSA) is 57.0 Å². The van der Waals surface area contributed by atoms with Gasteiger partial charge < -0.3 is 19.9 Å². The molecule has 1 aliphatic heterocycles. The van der Waals surface area contributed by atoms with Gasteiger partial charge in [0.2, 0.25) is 0 Å². The van der Waals surface area contributed by atoms with Crippen molar-refractivity contribution in [2.24, 2.45) is 5.73 Å². The van der Waals surface area contributed by atoms with E-state index in [1.165, 1.54) is 0 Å². The molecule has 120 valence electrons. The van der Waals surface area contributed by atoms with Crippen molar-refractivity contribution in [2.75, 3.05) is 34.4 Å². The molecule has 1 aromatic rings. The molecule has 2 N–H and O–H groups in total. The summed E-state index contributed by atoms with van der Waals surface area (Å²) in [7, 11) is 4.98. The Morgan fingerprint density at radius 3 is 2.00 bits per heavy atom. The Bertz CT molecular complexity index is 424. The highest BCUT2D eigenvalue weighted by atomic mass is 35.5. The van der Waals surface area contributed by atoms with Gasteiger partial charge in [-0.15, -0.1) is 12.4 Å². The van der Waals surface area contributed by atoms with Crippen molar-refractivity contribution in [3.05, 3.63) is 17.7 Å². The lowest BCUT2D eigenvalue weighted by atomic mass is 10.0. The molecule has 0 spiro atoms. The number of halogens is 1. The lowest BCUT2D eigenvalue weighted by Crippen LogP contribution is -2.39. The monoisotopic (exact) mass is 316 g/mol. The summed E-state index contributed by atoms with van der Waals surface area (Å²) in [6.45, 7) is 2.84. The molecule has 1 heterocycles. The van der Waals surface area contributed by atoms with Gasteiger partial charge in [0.05, 0.1) is 26.9 Å². The average molecular weight is 317 g/mol. The minimum Gasteiger partial charge on any atom is -0.496 e. The summed E-state index contributed by atoms with van der Waals surface area (Å²) in [5.41, 5.74) is 7.01. The number of methoxy groups -OCH3 is 3. The molecule has 0 unspecified atom stereocenters. The molecular formula is C15H25ClN2O3. The maximum Gasteiger partial charge on any atom is 0.130 e. The molecule has 0 bridgehead atoms. The van der Waals surface area contributed by atoms with Crippen LogP contribution in [-0.4, -0.2) is 45.4 Å². The van der Waals surface area contributed by atoms with Crippen LogP contribution in [0.4, 0.5) is 0 Å². The molecule has 5 nitrogen and oxygen atoms in total. The molecule has 1 saturated heterocycles. The Morgan fingerprint density at radius 1 is 1.05 bits per heavy atom. The molecule has 1 aromatic carbocycles. The van der Waals surface area contributed by atoms with E-state index in [-0.39, 0.29) is 12.4 Å². The highest BCUT2D eigenvalue weighted by Crippen LogP contribution is 2.35. The highest BCUT2D eigenvalue weighted by molar-refractivity contribution is 5.85. The normalized spacial score (nSPS) is 16.2. The smallest absolute Gasteiger partial charge is 0.130 e. The van der Waals surface area contributed by atoms with E-state index in [1.54, 1.807) is 21.3 Å². The van der Waals surface area contributed by atoms with Crippen LogP contribution in [0, 0.1) is 0 Å². The molecular weight excluding hydrogens is 292 g/mol. The summed E-state index contributed by atoms with van der Waals surface area (Å²) < 4.78 is 16.2. The number of benzene rings is 1. The van der Waals surface area contributed by atoms with Gasteiger partial charge in [-0.3, -0.25) is 4.90 Å². The Kier molecular flexibility index (Phi) is 7.08. The zero-order valence-electron chi connectivity index (χ0n) is 12.9. The van der Waals surface area contributed by atoms with Crippen LogP contribution in [-0.2, 0) is 6.54 Å². The number of ether oxygens (including phenoxy) is 3. The van der Waals surface area contributed by atoms with Crippen molar-refractivity contribution in [3.63, 3.8) is 0 Å². The van der Waals surface area contributed by atoms with Crippen molar-refractivity contribution in [1.29, 1.82) is 0 Å². The van der Waals surface area contributed by atoms with E-state index in [1.807, 2.05) is 12.1 Å². The van der Waals surface area contributed by atoms with Gasteiger partial charge in [0.1, 0.15) is 17.2 Å². The third-order valence-corrected chi connectivity index (χ3v) is 3.83. The maximum absolute atomic E-state index is 5.95. The third kappa shape index (κ3) is 4.40. The van der Waals surface area contributed by atoms with Crippen molar-refractivity contribution in [1.82, 2.24) is 4.90 Å².